The van der Waals surface area contributed by atoms with Gasteiger partial charge in [0, 0.05) is 50.6 Å². The number of hydrogen-bond donors (Lipinski definition) is 3. The molecular weight excluding hydrogens is 811 g/mol. The zero-order chi connectivity index (χ0) is 43.4. The number of carbonyl (C=O) groups excluding carboxylic acids is 4. The number of nitriles is 1. The Morgan fingerprint density at radius 3 is 2.30 bits per heavy atom. The third-order valence-electron chi connectivity index (χ3n) is 9.60. The van der Waals surface area contributed by atoms with Crippen molar-refractivity contribution in [1.82, 2.24) is 30.1 Å². The van der Waals surface area contributed by atoms with Crippen LogP contribution in [0.15, 0.2) is 60.9 Å². The molecule has 4 heterocycles. The third-order valence-corrected chi connectivity index (χ3v) is 9.91. The van der Waals surface area contributed by atoms with Gasteiger partial charge in [-0.1, -0.05) is 35.9 Å². The van der Waals surface area contributed by atoms with E-state index in [9.17, 15) is 37.6 Å². The van der Waals surface area contributed by atoms with Crippen LogP contribution in [0.2, 0.25) is 5.02 Å². The van der Waals surface area contributed by atoms with Crippen LogP contribution in [-0.4, -0.2) is 107 Å². The first-order valence-electron chi connectivity index (χ1n) is 18.7. The SMILES string of the molecule is COC(=O)NCC(=O)N1CC(C#N)CC1c1ncc(-c2ccc(-c3cc(Cl)c(NC(=O)c4ccc(N5CCN(C(=O)OC(C)(C)C)CC5)nc4)cc3OC(F)(F)F)cc2)[nH]1. The fourth-order valence-corrected chi connectivity index (χ4v) is 6.91. The summed E-state index contributed by atoms with van der Waals surface area (Å²) in [6.45, 7) is 7.01. The Hall–Kier alpha value is -6.55. The second-order valence-corrected chi connectivity index (χ2v) is 15.3. The number of alkyl halides is 3. The largest absolute Gasteiger partial charge is 0.573 e. The van der Waals surface area contributed by atoms with Crippen LogP contribution in [0.4, 0.5) is 34.3 Å². The van der Waals surface area contributed by atoms with Gasteiger partial charge in [0.15, 0.2) is 0 Å². The van der Waals surface area contributed by atoms with Crippen molar-refractivity contribution >= 4 is 47.1 Å². The Balaban J connectivity index is 1.14. The number of benzene rings is 2. The molecule has 2 aliphatic rings. The van der Waals surface area contributed by atoms with Crippen LogP contribution in [0.5, 0.6) is 5.75 Å². The molecule has 2 fully saturated rings. The molecule has 0 radical (unpaired) electrons. The maximum absolute atomic E-state index is 13.7. The number of piperazine rings is 1. The van der Waals surface area contributed by atoms with E-state index in [0.717, 1.165) is 6.07 Å². The standard InChI is InChI=1S/C40H41ClF3N9O7/c1-39(2,3)60-38(57)52-13-11-51(12-14-52)33-10-9-26(19-46-33)36(55)50-29-17-32(59-40(42,43)44)27(16-28(29)41)24-5-7-25(8-6-24)30-20-47-35(49-30)31-15-23(18-45)22-53(31)34(54)21-48-37(56)58-4/h5-10,16-17,19-20,23,31H,11-15,21-22H2,1-4H3,(H,47,49)(H,48,56)(H,50,55). The monoisotopic (exact) mass is 851 g/mol. The molecule has 2 aromatic heterocycles. The topological polar surface area (TPSA) is 195 Å². The number of halogens is 4. The summed E-state index contributed by atoms with van der Waals surface area (Å²) in [7, 11) is 1.17. The Morgan fingerprint density at radius 2 is 1.68 bits per heavy atom. The number of hydrogen-bond acceptors (Lipinski definition) is 11. The lowest BCUT2D eigenvalue weighted by molar-refractivity contribution is -0.274. The van der Waals surface area contributed by atoms with Crippen LogP contribution < -0.4 is 20.3 Å². The molecule has 0 bridgehead atoms. The summed E-state index contributed by atoms with van der Waals surface area (Å²) in [4.78, 5) is 67.1. The molecule has 3 N–H and O–H groups in total. The molecule has 2 atom stereocenters. The summed E-state index contributed by atoms with van der Waals surface area (Å²) >= 11 is 6.54. The zero-order valence-corrected chi connectivity index (χ0v) is 33.7. The van der Waals surface area contributed by atoms with Gasteiger partial charge in [-0.25, -0.2) is 19.6 Å². The second-order valence-electron chi connectivity index (χ2n) is 14.9. The smallest absolute Gasteiger partial charge is 0.453 e. The highest BCUT2D eigenvalue weighted by Crippen LogP contribution is 2.41. The van der Waals surface area contributed by atoms with E-state index >= 15 is 0 Å². The van der Waals surface area contributed by atoms with E-state index in [2.05, 4.69) is 41.1 Å². The predicted molar refractivity (Wildman–Crippen MR) is 212 cm³/mol. The van der Waals surface area contributed by atoms with Crippen LogP contribution in [0, 0.1) is 17.2 Å². The lowest BCUT2D eigenvalue weighted by Gasteiger charge is -2.36. The number of rotatable bonds is 9. The molecule has 20 heteroatoms. The third kappa shape index (κ3) is 10.5. The molecule has 4 amide bonds. The summed E-state index contributed by atoms with van der Waals surface area (Å²) in [5.41, 5.74) is 0.818. The lowest BCUT2D eigenvalue weighted by atomic mass is 10.0. The number of alkyl carbamates (subject to hydrolysis) is 1. The van der Waals surface area contributed by atoms with E-state index in [-0.39, 0.29) is 34.9 Å². The summed E-state index contributed by atoms with van der Waals surface area (Å²) in [5.74, 6) is -1.19. The van der Waals surface area contributed by atoms with Crippen molar-refractivity contribution < 1.29 is 46.6 Å². The molecule has 6 rings (SSSR count). The molecule has 2 aliphatic heterocycles. The summed E-state index contributed by atoms with van der Waals surface area (Å²) in [5, 5.41) is 14.4. The van der Waals surface area contributed by atoms with Crippen molar-refractivity contribution in [1.29, 1.82) is 5.26 Å². The number of nitrogens with zero attached hydrogens (tertiary/aromatic N) is 6. The van der Waals surface area contributed by atoms with Crippen LogP contribution in [0.3, 0.4) is 0 Å². The van der Waals surface area contributed by atoms with Crippen molar-refractivity contribution in [3.63, 3.8) is 0 Å². The maximum Gasteiger partial charge on any atom is 0.573 e. The number of carbonyl (C=O) groups is 4. The summed E-state index contributed by atoms with van der Waals surface area (Å²) < 4.78 is 55.4. The molecule has 0 aliphatic carbocycles. The molecule has 4 aromatic rings. The highest BCUT2D eigenvalue weighted by atomic mass is 35.5. The van der Waals surface area contributed by atoms with Gasteiger partial charge < -0.3 is 44.5 Å². The number of likely N-dealkylation sites (tertiary alicyclic amines) is 1. The summed E-state index contributed by atoms with van der Waals surface area (Å²) in [6, 6.07) is 13.4. The number of H-pyrrole nitrogens is 1. The Kier molecular flexibility index (Phi) is 12.7. The van der Waals surface area contributed by atoms with Gasteiger partial charge in [0.2, 0.25) is 5.91 Å². The molecule has 0 saturated carbocycles. The Bertz CT molecular complexity index is 2270. The van der Waals surface area contributed by atoms with Crippen molar-refractivity contribution in [3.8, 4) is 34.2 Å². The molecule has 16 nitrogen and oxygen atoms in total. The van der Waals surface area contributed by atoms with E-state index in [0.29, 0.717) is 61.1 Å². The van der Waals surface area contributed by atoms with Crippen molar-refractivity contribution in [3.05, 3.63) is 77.3 Å². The number of imidazole rings is 1. The number of ether oxygens (including phenoxy) is 3. The van der Waals surface area contributed by atoms with Gasteiger partial charge in [-0.3, -0.25) is 9.59 Å². The van der Waals surface area contributed by atoms with Gasteiger partial charge >= 0.3 is 18.5 Å². The van der Waals surface area contributed by atoms with Crippen LogP contribution in [0.1, 0.15) is 49.4 Å². The molecule has 60 heavy (non-hydrogen) atoms. The number of aromatic nitrogens is 3. The fraction of sp³-hybridized carbons (Fsp3) is 0.375. The molecule has 0 spiro atoms. The first kappa shape index (κ1) is 43.0. The van der Waals surface area contributed by atoms with Crippen LogP contribution in [0.25, 0.3) is 22.4 Å². The number of pyridine rings is 1. The molecule has 2 aromatic carbocycles. The van der Waals surface area contributed by atoms with Crippen molar-refractivity contribution in [2.24, 2.45) is 5.92 Å². The van der Waals surface area contributed by atoms with E-state index < -0.39 is 53.7 Å². The lowest BCUT2D eigenvalue weighted by Crippen LogP contribution is -2.50. The molecule has 2 unspecified atom stereocenters. The normalized spacial score (nSPS) is 16.8. The number of nitrogens with one attached hydrogen (secondary N) is 3. The van der Waals surface area contributed by atoms with Crippen molar-refractivity contribution in [2.45, 2.75) is 45.2 Å². The van der Waals surface area contributed by atoms with Gasteiger partial charge in [0.25, 0.3) is 5.91 Å². The highest BCUT2D eigenvalue weighted by Gasteiger charge is 2.38. The van der Waals surface area contributed by atoms with Crippen molar-refractivity contribution in [2.75, 3.05) is 56.6 Å². The van der Waals surface area contributed by atoms with E-state index in [4.69, 9.17) is 16.3 Å². The second kappa shape index (κ2) is 17.7. The first-order valence-corrected chi connectivity index (χ1v) is 19.0. The minimum atomic E-state index is -5.08. The van der Waals surface area contributed by atoms with E-state index in [1.165, 1.54) is 36.5 Å². The van der Waals surface area contributed by atoms with Crippen LogP contribution >= 0.6 is 11.6 Å². The predicted octanol–water partition coefficient (Wildman–Crippen LogP) is 6.77. The zero-order valence-electron chi connectivity index (χ0n) is 32.9. The van der Waals surface area contributed by atoms with E-state index in [1.807, 2.05) is 4.90 Å². The number of aromatic amines is 1. The Labute approximate surface area is 347 Å². The molecular formula is C40H41ClF3N9O7. The van der Waals surface area contributed by atoms with Gasteiger partial charge in [-0.05, 0) is 56.5 Å². The number of anilines is 2. The van der Waals surface area contributed by atoms with Crippen LogP contribution in [-0.2, 0) is 14.3 Å². The van der Waals surface area contributed by atoms with E-state index in [1.54, 1.807) is 56.0 Å². The first-order chi connectivity index (χ1) is 28.4. The minimum Gasteiger partial charge on any atom is -0.453 e. The number of methoxy groups -OCH3 is 1. The fourth-order valence-electron chi connectivity index (χ4n) is 6.70. The van der Waals surface area contributed by atoms with Gasteiger partial charge in [-0.15, -0.1) is 13.2 Å². The highest BCUT2D eigenvalue weighted by molar-refractivity contribution is 6.34. The van der Waals surface area contributed by atoms with Gasteiger partial charge in [-0.2, -0.15) is 5.26 Å². The van der Waals surface area contributed by atoms with Gasteiger partial charge in [0.05, 0.1) is 53.3 Å². The average Bonchev–Trinajstić information content (AvgIpc) is 3.88. The quantitative estimate of drug-likeness (QED) is 0.161. The maximum atomic E-state index is 13.7. The molecule has 316 valence electrons. The minimum absolute atomic E-state index is 0.00632. The number of amides is 4. The summed E-state index contributed by atoms with van der Waals surface area (Å²) in [6.07, 6.45) is -3.07. The Morgan fingerprint density at radius 1 is 0.983 bits per heavy atom. The molecule has 2 saturated heterocycles. The van der Waals surface area contributed by atoms with Gasteiger partial charge in [0.1, 0.15) is 29.5 Å². The average molecular weight is 852 g/mol.